The van der Waals surface area contributed by atoms with Crippen LogP contribution in [0.1, 0.15) is 76.1 Å². The number of thiazole rings is 1. The summed E-state index contributed by atoms with van der Waals surface area (Å²) in [6.45, 7) is 9.02. The van der Waals surface area contributed by atoms with E-state index >= 15 is 0 Å². The fourth-order valence-corrected chi connectivity index (χ4v) is 5.75. The Hall–Kier alpha value is -3.85. The molecule has 8 nitrogen and oxygen atoms in total. The first-order valence-electron chi connectivity index (χ1n) is 15.3. The number of hydrogen-bond acceptors (Lipinski definition) is 6. The lowest BCUT2D eigenvalue weighted by Crippen LogP contribution is -2.57. The highest BCUT2D eigenvalue weighted by molar-refractivity contribution is 7.09. The highest BCUT2D eigenvalue weighted by Crippen LogP contribution is 2.24. The summed E-state index contributed by atoms with van der Waals surface area (Å²) in [4.78, 5) is 60.2. The second-order valence-electron chi connectivity index (χ2n) is 12.2. The van der Waals surface area contributed by atoms with Crippen LogP contribution in [0.3, 0.4) is 0 Å². The minimum Gasteiger partial charge on any atom is -0.345 e. The van der Waals surface area contributed by atoms with Crippen LogP contribution in [0, 0.1) is 11.3 Å². The third-order valence-electron chi connectivity index (χ3n) is 7.79. The van der Waals surface area contributed by atoms with Gasteiger partial charge in [-0.15, -0.1) is 11.3 Å². The van der Waals surface area contributed by atoms with Crippen molar-refractivity contribution in [3.8, 4) is 0 Å². The Balaban J connectivity index is 1.90. The molecule has 0 saturated heterocycles. The van der Waals surface area contributed by atoms with E-state index in [0.717, 1.165) is 16.1 Å². The van der Waals surface area contributed by atoms with Crippen molar-refractivity contribution in [3.05, 3.63) is 88.4 Å². The molecule has 44 heavy (non-hydrogen) atoms. The van der Waals surface area contributed by atoms with Gasteiger partial charge in [-0.05, 0) is 50.2 Å². The highest BCUT2D eigenvalue weighted by atomic mass is 32.1. The minimum absolute atomic E-state index is 0.0775. The average Bonchev–Trinajstić information content (AvgIpc) is 3.54. The van der Waals surface area contributed by atoms with Crippen LogP contribution in [0.15, 0.2) is 72.2 Å². The summed E-state index contributed by atoms with van der Waals surface area (Å²) in [6.07, 6.45) is 3.83. The summed E-state index contributed by atoms with van der Waals surface area (Å²) in [5, 5.41) is 8.71. The normalized spacial score (nSPS) is 13.5. The number of carbonyl (C=O) groups excluding carboxylic acids is 4. The van der Waals surface area contributed by atoms with Crippen molar-refractivity contribution in [3.63, 3.8) is 0 Å². The molecule has 2 N–H and O–H groups in total. The molecule has 3 amide bonds. The molecule has 236 valence electrons. The fraction of sp³-hybridized carbons (Fsp3) is 0.457. The van der Waals surface area contributed by atoms with Gasteiger partial charge in [0.25, 0.3) is 0 Å². The monoisotopic (exact) mass is 618 g/mol. The lowest BCUT2D eigenvalue weighted by Gasteiger charge is -2.33. The zero-order chi connectivity index (χ0) is 32.3. The number of aromatic nitrogens is 1. The number of carbonyl (C=O) groups is 4. The third-order valence-corrected chi connectivity index (χ3v) is 8.68. The first-order chi connectivity index (χ1) is 20.9. The number of Topliss-reactive ketones (excluding diaryl/α,β-unsaturated/α-hetero) is 1. The molecular formula is C35H46N4O4S. The number of rotatable bonds is 16. The first kappa shape index (κ1) is 34.6. The Morgan fingerprint density at radius 3 is 2.02 bits per heavy atom. The van der Waals surface area contributed by atoms with E-state index in [-0.39, 0.29) is 42.4 Å². The molecule has 0 saturated carbocycles. The molecule has 0 aliphatic heterocycles. The summed E-state index contributed by atoms with van der Waals surface area (Å²) in [5.74, 6) is -1.27. The molecule has 0 fully saturated rings. The quantitative estimate of drug-likeness (QED) is 0.205. The number of nitrogens with zero attached hydrogens (tertiary/aromatic N) is 2. The van der Waals surface area contributed by atoms with Crippen LogP contribution in [0.25, 0.3) is 0 Å². The number of benzene rings is 2. The fourth-order valence-electron chi connectivity index (χ4n) is 5.06. The zero-order valence-corrected chi connectivity index (χ0v) is 27.5. The van der Waals surface area contributed by atoms with E-state index < -0.39 is 23.4 Å². The van der Waals surface area contributed by atoms with E-state index in [2.05, 4.69) is 15.6 Å². The molecule has 1 heterocycles. The van der Waals surface area contributed by atoms with Crippen molar-refractivity contribution >= 4 is 34.8 Å². The van der Waals surface area contributed by atoms with E-state index in [0.29, 0.717) is 19.3 Å². The topological polar surface area (TPSA) is 108 Å². The molecule has 0 spiro atoms. The van der Waals surface area contributed by atoms with Gasteiger partial charge >= 0.3 is 0 Å². The molecule has 9 heteroatoms. The van der Waals surface area contributed by atoms with Crippen LogP contribution >= 0.6 is 11.3 Å². The van der Waals surface area contributed by atoms with Crippen LogP contribution in [-0.2, 0) is 32.0 Å². The number of hydrogen-bond donors (Lipinski definition) is 2. The van der Waals surface area contributed by atoms with Gasteiger partial charge in [-0.1, -0.05) is 81.4 Å². The molecule has 3 rings (SSSR count). The van der Waals surface area contributed by atoms with Crippen molar-refractivity contribution in [1.29, 1.82) is 0 Å². The molecule has 1 aromatic heterocycles. The molecular weight excluding hydrogens is 572 g/mol. The number of ketones is 1. The van der Waals surface area contributed by atoms with E-state index in [1.807, 2.05) is 86.8 Å². The first-order valence-corrected chi connectivity index (χ1v) is 16.2. The summed E-state index contributed by atoms with van der Waals surface area (Å²) < 4.78 is 0. The maximum Gasteiger partial charge on any atom is 0.245 e. The van der Waals surface area contributed by atoms with Crippen molar-refractivity contribution in [2.45, 2.75) is 84.8 Å². The van der Waals surface area contributed by atoms with E-state index in [1.165, 1.54) is 16.2 Å². The SMILES string of the molecule is CCCC(=O)C(C)(C)C(=O)NC(CC(C)C)C(=O)N(C)[C@@H](Cc1ccccc1)C(=O)N[C@@H](Cc1ccccc1)c1nccs1. The number of nitrogens with one attached hydrogen (secondary N) is 2. The van der Waals surface area contributed by atoms with Crippen LogP contribution in [0.5, 0.6) is 0 Å². The van der Waals surface area contributed by atoms with Crippen molar-refractivity contribution in [2.75, 3.05) is 7.05 Å². The summed E-state index contributed by atoms with van der Waals surface area (Å²) in [5.41, 5.74) is 0.678. The molecule has 0 aliphatic rings. The van der Waals surface area contributed by atoms with Crippen LogP contribution in [0.2, 0.25) is 0 Å². The lowest BCUT2D eigenvalue weighted by molar-refractivity contribution is -0.146. The standard InChI is InChI=1S/C35H46N4O4S/c1-7-14-30(40)35(4,5)34(43)38-28(21-24(2)3)33(42)39(6)29(23-26-17-12-9-13-18-26)31(41)37-27(32-36-19-20-44-32)22-25-15-10-8-11-16-25/h8-13,15-20,24,27-29H,7,14,21-23H2,1-6H3,(H,37,41)(H,38,43)/t27-,28?,29-/m0/s1. The summed E-state index contributed by atoms with van der Waals surface area (Å²) in [6, 6.07) is 17.3. The number of amides is 3. The Morgan fingerprint density at radius 1 is 0.909 bits per heavy atom. The largest absolute Gasteiger partial charge is 0.345 e. The molecule has 1 unspecified atom stereocenters. The van der Waals surface area contributed by atoms with E-state index in [9.17, 15) is 19.2 Å². The van der Waals surface area contributed by atoms with Gasteiger partial charge in [-0.3, -0.25) is 19.2 Å². The maximum atomic E-state index is 14.1. The van der Waals surface area contributed by atoms with Gasteiger partial charge in [0.2, 0.25) is 17.7 Å². The molecule has 0 aliphatic carbocycles. The summed E-state index contributed by atoms with van der Waals surface area (Å²) in [7, 11) is 1.61. The van der Waals surface area contributed by atoms with Crippen molar-refractivity contribution in [2.24, 2.45) is 11.3 Å². The summed E-state index contributed by atoms with van der Waals surface area (Å²) >= 11 is 1.47. The Labute approximate surface area is 265 Å². The zero-order valence-electron chi connectivity index (χ0n) is 26.7. The molecule has 3 atom stereocenters. The van der Waals surface area contributed by atoms with Gasteiger partial charge in [0, 0.05) is 31.5 Å². The van der Waals surface area contributed by atoms with Gasteiger partial charge < -0.3 is 15.5 Å². The van der Waals surface area contributed by atoms with Gasteiger partial charge in [-0.2, -0.15) is 0 Å². The smallest absolute Gasteiger partial charge is 0.245 e. The number of likely N-dealkylation sites (N-methyl/N-ethyl adjacent to an activating group) is 1. The Bertz CT molecular complexity index is 1360. The van der Waals surface area contributed by atoms with Gasteiger partial charge in [0.1, 0.15) is 28.3 Å². The third kappa shape index (κ3) is 9.58. The average molecular weight is 619 g/mol. The second-order valence-corrected chi connectivity index (χ2v) is 13.2. The Kier molecular flexibility index (Phi) is 12.8. The lowest BCUT2D eigenvalue weighted by atomic mass is 9.84. The molecule has 3 aromatic rings. The molecule has 2 aromatic carbocycles. The predicted octanol–water partition coefficient (Wildman–Crippen LogP) is 5.54. The van der Waals surface area contributed by atoms with Gasteiger partial charge in [0.05, 0.1) is 6.04 Å². The second kappa shape index (κ2) is 16.3. The molecule has 0 radical (unpaired) electrons. The van der Waals surface area contributed by atoms with E-state index in [4.69, 9.17) is 0 Å². The van der Waals surface area contributed by atoms with Crippen molar-refractivity contribution in [1.82, 2.24) is 20.5 Å². The highest BCUT2D eigenvalue weighted by Gasteiger charge is 2.39. The van der Waals surface area contributed by atoms with Crippen LogP contribution in [0.4, 0.5) is 0 Å². The van der Waals surface area contributed by atoms with E-state index in [1.54, 1.807) is 27.1 Å². The minimum atomic E-state index is -1.27. The molecule has 0 bridgehead atoms. The maximum absolute atomic E-state index is 14.1. The Morgan fingerprint density at radius 2 is 1.50 bits per heavy atom. The van der Waals surface area contributed by atoms with Crippen LogP contribution < -0.4 is 10.6 Å². The van der Waals surface area contributed by atoms with Crippen molar-refractivity contribution < 1.29 is 19.2 Å². The van der Waals surface area contributed by atoms with Gasteiger partial charge in [-0.25, -0.2) is 4.98 Å². The van der Waals surface area contributed by atoms with Crippen LogP contribution in [-0.4, -0.2) is 52.5 Å². The van der Waals surface area contributed by atoms with Gasteiger partial charge in [0.15, 0.2) is 0 Å². The predicted molar refractivity (Wildman–Crippen MR) is 175 cm³/mol.